The Morgan fingerprint density at radius 1 is 1.67 bits per heavy atom. The van der Waals surface area contributed by atoms with E-state index in [9.17, 15) is 4.79 Å². The second-order valence-corrected chi connectivity index (χ2v) is 4.48. The number of alkyl halides is 1. The zero-order valence-electron chi connectivity index (χ0n) is 7.60. The minimum absolute atomic E-state index is 0.143. The van der Waals surface area contributed by atoms with Gasteiger partial charge in [-0.1, -0.05) is 22.9 Å². The molecule has 1 unspecified atom stereocenters. The normalized spacial score (nSPS) is 12.6. The van der Waals surface area contributed by atoms with Gasteiger partial charge < -0.3 is 5.32 Å². The van der Waals surface area contributed by atoms with Crippen LogP contribution in [0, 0.1) is 5.92 Å². The number of rotatable bonds is 6. The standard InChI is InChI=1S/C8H16BrNOS/c1-7(3-4-9)5-10-8(11)6-12-2/h7H,3-6H2,1-2H3,(H,10,11). The number of amides is 1. The van der Waals surface area contributed by atoms with Gasteiger partial charge in [0.25, 0.3) is 0 Å². The summed E-state index contributed by atoms with van der Waals surface area (Å²) in [5.74, 6) is 1.28. The van der Waals surface area contributed by atoms with Crippen LogP contribution in [0.2, 0.25) is 0 Å². The number of thioether (sulfide) groups is 1. The summed E-state index contributed by atoms with van der Waals surface area (Å²) in [6, 6.07) is 0. The molecule has 0 spiro atoms. The Balaban J connectivity index is 3.33. The van der Waals surface area contributed by atoms with E-state index in [-0.39, 0.29) is 5.91 Å². The molecule has 1 N–H and O–H groups in total. The molecular formula is C8H16BrNOS. The van der Waals surface area contributed by atoms with Crippen LogP contribution in [0.3, 0.4) is 0 Å². The number of hydrogen-bond donors (Lipinski definition) is 1. The molecule has 0 bridgehead atoms. The molecule has 0 fully saturated rings. The second-order valence-electron chi connectivity index (χ2n) is 2.82. The van der Waals surface area contributed by atoms with Crippen molar-refractivity contribution >= 4 is 33.6 Å². The average molecular weight is 254 g/mol. The first-order valence-corrected chi connectivity index (χ1v) is 6.53. The van der Waals surface area contributed by atoms with Crippen molar-refractivity contribution in [2.45, 2.75) is 13.3 Å². The Labute approximate surface area is 87.0 Å². The summed E-state index contributed by atoms with van der Waals surface area (Å²) in [4.78, 5) is 11.0. The van der Waals surface area contributed by atoms with Crippen LogP contribution in [-0.2, 0) is 4.79 Å². The number of carbonyl (C=O) groups is 1. The summed E-state index contributed by atoms with van der Waals surface area (Å²) < 4.78 is 0. The van der Waals surface area contributed by atoms with Crippen LogP contribution < -0.4 is 5.32 Å². The highest BCUT2D eigenvalue weighted by atomic mass is 79.9. The number of carbonyl (C=O) groups excluding carboxylic acids is 1. The molecule has 0 aromatic carbocycles. The van der Waals surface area contributed by atoms with Gasteiger partial charge in [0.1, 0.15) is 0 Å². The van der Waals surface area contributed by atoms with Crippen molar-refractivity contribution in [2.24, 2.45) is 5.92 Å². The van der Waals surface area contributed by atoms with E-state index >= 15 is 0 Å². The molecule has 0 aliphatic carbocycles. The van der Waals surface area contributed by atoms with Crippen molar-refractivity contribution in [3.8, 4) is 0 Å². The van der Waals surface area contributed by atoms with E-state index in [1.54, 1.807) is 11.8 Å². The third-order valence-corrected chi connectivity index (χ3v) is 2.53. The molecule has 1 atom stereocenters. The van der Waals surface area contributed by atoms with Crippen LogP contribution in [-0.4, -0.2) is 29.8 Å². The lowest BCUT2D eigenvalue weighted by Crippen LogP contribution is -2.29. The van der Waals surface area contributed by atoms with Crippen molar-refractivity contribution in [2.75, 3.05) is 23.9 Å². The summed E-state index contributed by atoms with van der Waals surface area (Å²) in [7, 11) is 0. The van der Waals surface area contributed by atoms with E-state index in [1.807, 2.05) is 6.26 Å². The van der Waals surface area contributed by atoms with E-state index < -0.39 is 0 Å². The van der Waals surface area contributed by atoms with Crippen LogP contribution in [0.25, 0.3) is 0 Å². The summed E-state index contributed by atoms with van der Waals surface area (Å²) >= 11 is 4.92. The first kappa shape index (κ1) is 12.3. The molecule has 0 aromatic rings. The molecule has 1 amide bonds. The fourth-order valence-corrected chi connectivity index (χ4v) is 1.90. The number of nitrogens with one attached hydrogen (secondary N) is 1. The summed E-state index contributed by atoms with van der Waals surface area (Å²) in [6.07, 6.45) is 3.04. The van der Waals surface area contributed by atoms with E-state index in [0.717, 1.165) is 18.3 Å². The maximum Gasteiger partial charge on any atom is 0.229 e. The van der Waals surface area contributed by atoms with Gasteiger partial charge in [0, 0.05) is 11.9 Å². The minimum Gasteiger partial charge on any atom is -0.355 e. The lowest BCUT2D eigenvalue weighted by Gasteiger charge is -2.10. The monoisotopic (exact) mass is 253 g/mol. The largest absolute Gasteiger partial charge is 0.355 e. The highest BCUT2D eigenvalue weighted by Crippen LogP contribution is 2.02. The summed E-state index contributed by atoms with van der Waals surface area (Å²) in [5.41, 5.74) is 0. The predicted octanol–water partition coefficient (Wildman–Crippen LogP) is 1.89. The molecular weight excluding hydrogens is 238 g/mol. The molecule has 0 saturated heterocycles. The molecule has 0 aliphatic heterocycles. The van der Waals surface area contributed by atoms with Gasteiger partial charge in [0.2, 0.25) is 5.91 Å². The molecule has 0 rings (SSSR count). The average Bonchev–Trinajstić information content (AvgIpc) is 2.02. The van der Waals surface area contributed by atoms with Crippen LogP contribution in [0.4, 0.5) is 0 Å². The van der Waals surface area contributed by atoms with E-state index in [4.69, 9.17) is 0 Å². The number of hydrogen-bond acceptors (Lipinski definition) is 2. The van der Waals surface area contributed by atoms with Crippen LogP contribution in [0.15, 0.2) is 0 Å². The van der Waals surface area contributed by atoms with Gasteiger partial charge in [-0.25, -0.2) is 0 Å². The third kappa shape index (κ3) is 6.98. The van der Waals surface area contributed by atoms with Crippen molar-refractivity contribution in [1.29, 1.82) is 0 Å². The maximum absolute atomic E-state index is 11.0. The van der Waals surface area contributed by atoms with Gasteiger partial charge in [0.15, 0.2) is 0 Å². The predicted molar refractivity (Wildman–Crippen MR) is 59.0 cm³/mol. The Morgan fingerprint density at radius 2 is 2.33 bits per heavy atom. The fraction of sp³-hybridized carbons (Fsp3) is 0.875. The van der Waals surface area contributed by atoms with Gasteiger partial charge in [-0.15, -0.1) is 0 Å². The second kappa shape index (κ2) is 7.92. The molecule has 12 heavy (non-hydrogen) atoms. The molecule has 0 aromatic heterocycles. The Hall–Kier alpha value is 0.300. The zero-order chi connectivity index (χ0) is 9.40. The third-order valence-electron chi connectivity index (χ3n) is 1.53. The van der Waals surface area contributed by atoms with Gasteiger partial charge in [-0.2, -0.15) is 11.8 Å². The topological polar surface area (TPSA) is 29.1 Å². The summed E-state index contributed by atoms with van der Waals surface area (Å²) in [5, 5.41) is 3.89. The Bertz CT molecular complexity index is 132. The van der Waals surface area contributed by atoms with Crippen LogP contribution >= 0.6 is 27.7 Å². The van der Waals surface area contributed by atoms with Gasteiger partial charge in [-0.3, -0.25) is 4.79 Å². The first-order valence-electron chi connectivity index (χ1n) is 4.02. The maximum atomic E-state index is 11.0. The summed E-state index contributed by atoms with van der Waals surface area (Å²) in [6.45, 7) is 2.94. The molecule has 4 heteroatoms. The molecule has 0 saturated carbocycles. The Kier molecular flexibility index (Phi) is 8.12. The lowest BCUT2D eigenvalue weighted by molar-refractivity contribution is -0.118. The molecule has 72 valence electrons. The van der Waals surface area contributed by atoms with Crippen molar-refractivity contribution < 1.29 is 4.79 Å². The highest BCUT2D eigenvalue weighted by molar-refractivity contribution is 9.09. The van der Waals surface area contributed by atoms with E-state index in [1.165, 1.54) is 0 Å². The van der Waals surface area contributed by atoms with E-state index in [0.29, 0.717) is 11.7 Å². The van der Waals surface area contributed by atoms with Crippen molar-refractivity contribution in [3.05, 3.63) is 0 Å². The zero-order valence-corrected chi connectivity index (χ0v) is 10.0. The molecule has 0 radical (unpaired) electrons. The molecule has 0 aliphatic rings. The van der Waals surface area contributed by atoms with Crippen molar-refractivity contribution in [3.63, 3.8) is 0 Å². The SMILES string of the molecule is CSCC(=O)NCC(C)CCBr. The quantitative estimate of drug-likeness (QED) is 0.733. The Morgan fingerprint density at radius 3 is 2.83 bits per heavy atom. The van der Waals surface area contributed by atoms with Gasteiger partial charge >= 0.3 is 0 Å². The minimum atomic E-state index is 0.143. The van der Waals surface area contributed by atoms with E-state index in [2.05, 4.69) is 28.2 Å². The number of halogens is 1. The molecule has 0 heterocycles. The highest BCUT2D eigenvalue weighted by Gasteiger charge is 2.03. The smallest absolute Gasteiger partial charge is 0.229 e. The molecule has 2 nitrogen and oxygen atoms in total. The van der Waals surface area contributed by atoms with Crippen LogP contribution in [0.5, 0.6) is 0 Å². The van der Waals surface area contributed by atoms with Gasteiger partial charge in [0.05, 0.1) is 5.75 Å². The fourth-order valence-electron chi connectivity index (χ4n) is 0.759. The first-order chi connectivity index (χ1) is 5.70. The lowest BCUT2D eigenvalue weighted by atomic mass is 10.1. The van der Waals surface area contributed by atoms with Gasteiger partial charge in [-0.05, 0) is 18.6 Å². The van der Waals surface area contributed by atoms with Crippen LogP contribution in [0.1, 0.15) is 13.3 Å². The van der Waals surface area contributed by atoms with Crippen molar-refractivity contribution in [1.82, 2.24) is 5.32 Å².